The van der Waals surface area contributed by atoms with Crippen molar-refractivity contribution in [3.63, 3.8) is 0 Å². The van der Waals surface area contributed by atoms with Crippen LogP contribution in [0, 0.1) is 6.92 Å². The van der Waals surface area contributed by atoms with Gasteiger partial charge in [0.15, 0.2) is 0 Å². The van der Waals surface area contributed by atoms with Crippen molar-refractivity contribution < 1.29 is 5.11 Å². The van der Waals surface area contributed by atoms with Gasteiger partial charge < -0.3 is 10.4 Å². The van der Waals surface area contributed by atoms with E-state index in [1.54, 1.807) is 0 Å². The van der Waals surface area contributed by atoms with Gasteiger partial charge in [-0.2, -0.15) is 0 Å². The lowest BCUT2D eigenvalue weighted by Gasteiger charge is -2.09. The standard InChI is InChI=1S/C7H13N3OS/c1-5(3-4-11)8-7-10-9-6(2)12-7/h5,11H,3-4H2,1-2H3,(H,8,10)/t5-/m0/s1. The number of anilines is 1. The molecule has 0 aliphatic carbocycles. The van der Waals surface area contributed by atoms with Crippen molar-refractivity contribution in [1.82, 2.24) is 10.2 Å². The minimum Gasteiger partial charge on any atom is -0.396 e. The summed E-state index contributed by atoms with van der Waals surface area (Å²) in [4.78, 5) is 0. The summed E-state index contributed by atoms with van der Waals surface area (Å²) >= 11 is 1.53. The van der Waals surface area contributed by atoms with Crippen molar-refractivity contribution in [2.45, 2.75) is 26.3 Å². The van der Waals surface area contributed by atoms with E-state index < -0.39 is 0 Å². The summed E-state index contributed by atoms with van der Waals surface area (Å²) in [5, 5.41) is 21.4. The van der Waals surface area contributed by atoms with Gasteiger partial charge in [-0.1, -0.05) is 11.3 Å². The van der Waals surface area contributed by atoms with E-state index in [1.807, 2.05) is 13.8 Å². The number of aromatic nitrogens is 2. The third kappa shape index (κ3) is 2.75. The van der Waals surface area contributed by atoms with E-state index in [4.69, 9.17) is 5.11 Å². The molecule has 0 aliphatic rings. The molecule has 0 radical (unpaired) electrons. The lowest BCUT2D eigenvalue weighted by Crippen LogP contribution is -2.16. The number of hydrogen-bond donors (Lipinski definition) is 2. The Bertz CT molecular complexity index is 238. The average molecular weight is 187 g/mol. The van der Waals surface area contributed by atoms with Crippen molar-refractivity contribution in [3.05, 3.63) is 5.01 Å². The second kappa shape index (κ2) is 4.37. The molecule has 2 N–H and O–H groups in total. The number of nitrogens with one attached hydrogen (secondary N) is 1. The highest BCUT2D eigenvalue weighted by Crippen LogP contribution is 2.15. The molecule has 1 aromatic heterocycles. The molecule has 0 saturated carbocycles. The third-order valence-electron chi connectivity index (χ3n) is 1.46. The first kappa shape index (κ1) is 9.41. The van der Waals surface area contributed by atoms with Crippen LogP contribution in [-0.4, -0.2) is 28.0 Å². The van der Waals surface area contributed by atoms with E-state index in [0.29, 0.717) is 0 Å². The van der Waals surface area contributed by atoms with Gasteiger partial charge in [0.2, 0.25) is 5.13 Å². The van der Waals surface area contributed by atoms with Crippen molar-refractivity contribution >= 4 is 16.5 Å². The van der Waals surface area contributed by atoms with Crippen LogP contribution in [0.25, 0.3) is 0 Å². The van der Waals surface area contributed by atoms with Crippen LogP contribution in [0.15, 0.2) is 0 Å². The normalized spacial score (nSPS) is 12.9. The van der Waals surface area contributed by atoms with Gasteiger partial charge in [-0.15, -0.1) is 10.2 Å². The van der Waals surface area contributed by atoms with Crippen LogP contribution in [0.1, 0.15) is 18.4 Å². The molecule has 0 amide bonds. The first-order valence-electron chi connectivity index (χ1n) is 3.90. The highest BCUT2D eigenvalue weighted by atomic mass is 32.1. The van der Waals surface area contributed by atoms with Crippen LogP contribution < -0.4 is 5.32 Å². The molecular weight excluding hydrogens is 174 g/mol. The molecule has 1 aromatic rings. The Morgan fingerprint density at radius 3 is 2.83 bits per heavy atom. The van der Waals surface area contributed by atoms with E-state index >= 15 is 0 Å². The summed E-state index contributed by atoms with van der Waals surface area (Å²) in [6, 6.07) is 0.252. The maximum atomic E-state index is 8.65. The molecule has 5 heteroatoms. The van der Waals surface area contributed by atoms with E-state index in [9.17, 15) is 0 Å². The predicted octanol–water partition coefficient (Wildman–Crippen LogP) is 1.03. The minimum atomic E-state index is 0.200. The number of aryl methyl sites for hydroxylation is 1. The van der Waals surface area contributed by atoms with Gasteiger partial charge in [0.05, 0.1) is 0 Å². The number of hydrogen-bond acceptors (Lipinski definition) is 5. The highest BCUT2D eigenvalue weighted by molar-refractivity contribution is 7.15. The SMILES string of the molecule is Cc1nnc(N[C@@H](C)CCO)s1. The zero-order valence-corrected chi connectivity index (χ0v) is 8.06. The largest absolute Gasteiger partial charge is 0.396 e. The maximum Gasteiger partial charge on any atom is 0.205 e. The highest BCUT2D eigenvalue weighted by Gasteiger charge is 2.04. The Morgan fingerprint density at radius 2 is 2.33 bits per heavy atom. The van der Waals surface area contributed by atoms with Crippen LogP contribution in [0.4, 0.5) is 5.13 Å². The topological polar surface area (TPSA) is 58.0 Å². The summed E-state index contributed by atoms with van der Waals surface area (Å²) in [5.41, 5.74) is 0. The number of aliphatic hydroxyl groups is 1. The lowest BCUT2D eigenvalue weighted by molar-refractivity contribution is 0.282. The molecule has 0 bridgehead atoms. The van der Waals surface area contributed by atoms with Crippen molar-refractivity contribution in [2.24, 2.45) is 0 Å². The number of rotatable bonds is 4. The second-order valence-electron chi connectivity index (χ2n) is 2.68. The van der Waals surface area contributed by atoms with Gasteiger partial charge in [-0.3, -0.25) is 0 Å². The molecule has 0 aliphatic heterocycles. The van der Waals surface area contributed by atoms with Gasteiger partial charge in [-0.25, -0.2) is 0 Å². The fourth-order valence-electron chi connectivity index (χ4n) is 0.831. The Kier molecular flexibility index (Phi) is 3.43. The van der Waals surface area contributed by atoms with Gasteiger partial charge in [0.25, 0.3) is 0 Å². The summed E-state index contributed by atoms with van der Waals surface area (Å²) < 4.78 is 0. The quantitative estimate of drug-likeness (QED) is 0.739. The molecule has 0 saturated heterocycles. The fraction of sp³-hybridized carbons (Fsp3) is 0.714. The first-order chi connectivity index (χ1) is 5.72. The smallest absolute Gasteiger partial charge is 0.205 e. The maximum absolute atomic E-state index is 8.65. The summed E-state index contributed by atoms with van der Waals surface area (Å²) in [6.07, 6.45) is 0.735. The number of nitrogens with zero attached hydrogens (tertiary/aromatic N) is 2. The summed E-state index contributed by atoms with van der Waals surface area (Å²) in [5.74, 6) is 0. The van der Waals surface area contributed by atoms with Crippen LogP contribution in [0.2, 0.25) is 0 Å². The predicted molar refractivity (Wildman–Crippen MR) is 49.4 cm³/mol. The molecule has 0 unspecified atom stereocenters. The van der Waals surface area contributed by atoms with Gasteiger partial charge in [0.1, 0.15) is 5.01 Å². The van der Waals surface area contributed by atoms with Gasteiger partial charge in [0, 0.05) is 12.6 Å². The van der Waals surface area contributed by atoms with Crippen molar-refractivity contribution in [2.75, 3.05) is 11.9 Å². The van der Waals surface area contributed by atoms with Gasteiger partial charge >= 0.3 is 0 Å². The van der Waals surface area contributed by atoms with E-state index in [2.05, 4.69) is 15.5 Å². The van der Waals surface area contributed by atoms with E-state index in [1.165, 1.54) is 11.3 Å². The summed E-state index contributed by atoms with van der Waals surface area (Å²) in [6.45, 7) is 4.12. The van der Waals surface area contributed by atoms with Gasteiger partial charge in [-0.05, 0) is 20.3 Å². The molecule has 1 atom stereocenters. The van der Waals surface area contributed by atoms with Crippen molar-refractivity contribution in [3.8, 4) is 0 Å². The van der Waals surface area contributed by atoms with Crippen LogP contribution in [0.5, 0.6) is 0 Å². The molecule has 1 rings (SSSR count). The Labute approximate surface area is 75.6 Å². The Hall–Kier alpha value is -0.680. The zero-order valence-electron chi connectivity index (χ0n) is 7.24. The van der Waals surface area contributed by atoms with Crippen molar-refractivity contribution in [1.29, 1.82) is 0 Å². The third-order valence-corrected chi connectivity index (χ3v) is 2.23. The van der Waals surface area contributed by atoms with E-state index in [-0.39, 0.29) is 12.6 Å². The molecule has 4 nitrogen and oxygen atoms in total. The molecule has 1 heterocycles. The van der Waals surface area contributed by atoms with Crippen LogP contribution in [0.3, 0.4) is 0 Å². The fourth-order valence-corrected chi connectivity index (χ4v) is 1.53. The second-order valence-corrected chi connectivity index (χ2v) is 3.87. The van der Waals surface area contributed by atoms with Crippen LogP contribution >= 0.6 is 11.3 Å². The first-order valence-corrected chi connectivity index (χ1v) is 4.71. The zero-order chi connectivity index (χ0) is 8.97. The molecule has 0 aromatic carbocycles. The number of aliphatic hydroxyl groups excluding tert-OH is 1. The van der Waals surface area contributed by atoms with E-state index in [0.717, 1.165) is 16.6 Å². The average Bonchev–Trinajstić information content (AvgIpc) is 2.36. The Morgan fingerprint density at radius 1 is 1.58 bits per heavy atom. The molecule has 68 valence electrons. The molecule has 0 fully saturated rings. The Balaban J connectivity index is 2.41. The molecule has 12 heavy (non-hydrogen) atoms. The monoisotopic (exact) mass is 187 g/mol. The minimum absolute atomic E-state index is 0.200. The van der Waals surface area contributed by atoms with Crippen LogP contribution in [-0.2, 0) is 0 Å². The molecular formula is C7H13N3OS. The lowest BCUT2D eigenvalue weighted by atomic mass is 10.2. The summed E-state index contributed by atoms with van der Waals surface area (Å²) in [7, 11) is 0. The molecule has 0 spiro atoms.